The maximum Gasteiger partial charge on any atom is 0.501 e. The second-order valence-corrected chi connectivity index (χ2v) is 13.9. The smallest absolute Gasteiger partial charge is 0.374 e. The van der Waals surface area contributed by atoms with Crippen LogP contribution in [0.15, 0.2) is 0 Å². The van der Waals surface area contributed by atoms with Crippen molar-refractivity contribution >= 4 is 37.0 Å². The predicted molar refractivity (Wildman–Crippen MR) is 127 cm³/mol. The van der Waals surface area contributed by atoms with Crippen molar-refractivity contribution in [1.82, 2.24) is 0 Å². The molecule has 1 atom stereocenters. The van der Waals surface area contributed by atoms with Crippen molar-refractivity contribution < 1.29 is 31.1 Å². The Labute approximate surface area is 186 Å². The molecule has 0 fully saturated rings. The van der Waals surface area contributed by atoms with Crippen LogP contribution < -0.4 is 0 Å². The molecule has 0 spiro atoms. The van der Waals surface area contributed by atoms with E-state index in [4.69, 9.17) is 31.1 Å². The Morgan fingerprint density at radius 2 is 0.966 bits per heavy atom. The summed E-state index contributed by atoms with van der Waals surface area (Å²) in [5.41, 5.74) is 0. The van der Waals surface area contributed by atoms with Crippen LogP contribution in [-0.4, -0.2) is 69.6 Å². The van der Waals surface area contributed by atoms with E-state index in [2.05, 4.69) is 0 Å². The first-order chi connectivity index (χ1) is 14.1. The summed E-state index contributed by atoms with van der Waals surface area (Å²) in [7, 11) is -4.63. The van der Waals surface area contributed by atoms with E-state index in [1.807, 2.05) is 52.9 Å². The number of hydrogen-bond donors (Lipinski definition) is 0. The first-order valence-corrected chi connectivity index (χ1v) is 17.4. The van der Waals surface area contributed by atoms with Gasteiger partial charge in [-0.3, -0.25) is 0 Å². The first-order valence-electron chi connectivity index (χ1n) is 10.9. The molecule has 0 heterocycles. The molecule has 0 aromatic carbocycles. The standard InChI is InChI=1S/C18H43O7PSSi2/c1-7-20-28(21-8-2,22-9-3)17-13-15-19-26-27-16-14-18-29(23-10-4,24-11-5)25-12-6/h26H,7-18H2,1-6H3. The molecular weight excluding hydrogens is 447 g/mol. The van der Waals surface area contributed by atoms with Crippen molar-refractivity contribution in [3.05, 3.63) is 0 Å². The molecule has 0 aliphatic carbocycles. The summed E-state index contributed by atoms with van der Waals surface area (Å²) in [6.45, 7) is 16.3. The van der Waals surface area contributed by atoms with Crippen LogP contribution >= 0.6 is 19.4 Å². The average molecular weight is 491 g/mol. The number of rotatable bonds is 22. The first kappa shape index (κ1) is 29.9. The van der Waals surface area contributed by atoms with E-state index in [1.165, 1.54) is 0 Å². The summed E-state index contributed by atoms with van der Waals surface area (Å²) >= 11 is 1.82. The van der Waals surface area contributed by atoms with Crippen molar-refractivity contribution in [1.29, 1.82) is 0 Å². The van der Waals surface area contributed by atoms with Crippen molar-refractivity contribution in [3.63, 3.8) is 0 Å². The lowest BCUT2D eigenvalue weighted by Crippen LogP contribution is -2.46. The molecule has 11 heteroatoms. The highest BCUT2D eigenvalue weighted by molar-refractivity contribution is 8.48. The molecule has 1 unspecified atom stereocenters. The average Bonchev–Trinajstić information content (AvgIpc) is 2.68. The maximum atomic E-state index is 5.89. The van der Waals surface area contributed by atoms with Crippen LogP contribution in [-0.2, 0) is 31.1 Å². The molecule has 0 aromatic rings. The van der Waals surface area contributed by atoms with Gasteiger partial charge in [-0.2, -0.15) is 0 Å². The topological polar surface area (TPSA) is 64.6 Å². The molecule has 0 N–H and O–H groups in total. The molecule has 0 aromatic heterocycles. The largest absolute Gasteiger partial charge is 0.501 e. The summed E-state index contributed by atoms with van der Waals surface area (Å²) < 4.78 is 41.1. The van der Waals surface area contributed by atoms with E-state index >= 15 is 0 Å². The zero-order valence-corrected chi connectivity index (χ0v) is 23.1. The fourth-order valence-corrected chi connectivity index (χ4v) is 10.2. The van der Waals surface area contributed by atoms with E-state index in [1.54, 1.807) is 0 Å². The van der Waals surface area contributed by atoms with Crippen LogP contribution in [0.1, 0.15) is 54.4 Å². The monoisotopic (exact) mass is 490 g/mol. The second kappa shape index (κ2) is 19.6. The van der Waals surface area contributed by atoms with E-state index in [9.17, 15) is 0 Å². The third kappa shape index (κ3) is 13.8. The second-order valence-electron chi connectivity index (χ2n) is 5.95. The van der Waals surface area contributed by atoms with Gasteiger partial charge in [0.2, 0.25) is 0 Å². The van der Waals surface area contributed by atoms with E-state index in [0.29, 0.717) is 54.3 Å². The van der Waals surface area contributed by atoms with Gasteiger partial charge in [-0.1, -0.05) is 0 Å². The highest BCUT2D eigenvalue weighted by atomic mass is 32.7. The molecule has 0 aliphatic heterocycles. The Morgan fingerprint density at radius 3 is 1.34 bits per heavy atom. The minimum atomic E-state index is -2.54. The minimum absolute atomic E-state index is 0.427. The molecule has 7 nitrogen and oxygen atoms in total. The van der Waals surface area contributed by atoms with Crippen LogP contribution in [0.4, 0.5) is 0 Å². The highest BCUT2D eigenvalue weighted by Gasteiger charge is 2.40. The number of hydrogen-bond acceptors (Lipinski definition) is 8. The minimum Gasteiger partial charge on any atom is -0.374 e. The molecule has 176 valence electrons. The Morgan fingerprint density at radius 1 is 0.586 bits per heavy atom. The quantitative estimate of drug-likeness (QED) is 0.118. The Hall–Kier alpha value is 0.934. The van der Waals surface area contributed by atoms with E-state index in [0.717, 1.165) is 30.7 Å². The van der Waals surface area contributed by atoms with Gasteiger partial charge in [0.25, 0.3) is 0 Å². The highest BCUT2D eigenvalue weighted by Crippen LogP contribution is 2.33. The van der Waals surface area contributed by atoms with Gasteiger partial charge in [-0.05, 0) is 60.1 Å². The van der Waals surface area contributed by atoms with Crippen LogP contribution in [0.5, 0.6) is 0 Å². The Balaban J connectivity index is 4.05. The summed E-state index contributed by atoms with van der Waals surface area (Å²) in [4.78, 5) is 0. The summed E-state index contributed by atoms with van der Waals surface area (Å²) in [5, 5.41) is 0. The summed E-state index contributed by atoms with van der Waals surface area (Å²) in [6, 6.07) is 1.65. The van der Waals surface area contributed by atoms with Crippen LogP contribution in [0.3, 0.4) is 0 Å². The van der Waals surface area contributed by atoms with Gasteiger partial charge in [0.1, 0.15) is 0 Å². The lowest BCUT2D eigenvalue weighted by atomic mass is 10.5. The van der Waals surface area contributed by atoms with E-state index < -0.39 is 17.6 Å². The maximum absolute atomic E-state index is 5.89. The predicted octanol–water partition coefficient (Wildman–Crippen LogP) is 5.12. The van der Waals surface area contributed by atoms with Crippen LogP contribution in [0.25, 0.3) is 0 Å². The van der Waals surface area contributed by atoms with Gasteiger partial charge < -0.3 is 31.1 Å². The van der Waals surface area contributed by atoms with E-state index in [-0.39, 0.29) is 0 Å². The molecular formula is C18H43O7PSSi2. The molecule has 0 aliphatic rings. The summed E-state index contributed by atoms with van der Waals surface area (Å²) in [5.74, 6) is 1.01. The molecule has 29 heavy (non-hydrogen) atoms. The normalized spacial score (nSPS) is 13.0. The molecule has 0 saturated heterocycles. The van der Waals surface area contributed by atoms with Gasteiger partial charge >= 0.3 is 17.6 Å². The lowest BCUT2D eigenvalue weighted by molar-refractivity contribution is 0.0695. The molecule has 0 radical (unpaired) electrons. The fraction of sp³-hybridized carbons (Fsp3) is 1.00. The van der Waals surface area contributed by atoms with Crippen molar-refractivity contribution in [2.75, 3.05) is 52.0 Å². The molecule has 0 saturated carbocycles. The van der Waals surface area contributed by atoms with Gasteiger partial charge in [-0.15, -0.1) is 11.4 Å². The van der Waals surface area contributed by atoms with Gasteiger partial charge in [-0.25, -0.2) is 0 Å². The Bertz CT molecular complexity index is 307. The van der Waals surface area contributed by atoms with Crippen molar-refractivity contribution in [2.45, 2.75) is 66.5 Å². The zero-order chi connectivity index (χ0) is 21.8. The van der Waals surface area contributed by atoms with Gasteiger partial charge in [0.15, 0.2) is 0 Å². The fourth-order valence-electron chi connectivity index (χ4n) is 2.85. The van der Waals surface area contributed by atoms with Crippen LogP contribution in [0, 0.1) is 0 Å². The third-order valence-electron chi connectivity index (χ3n) is 3.76. The SMILES string of the molecule is CCO[Si](CCCOPSCCC[Si](OCC)(OCC)OCC)(OCC)OCC. The van der Waals surface area contributed by atoms with Crippen molar-refractivity contribution in [3.8, 4) is 0 Å². The summed E-state index contributed by atoms with van der Waals surface area (Å²) in [6.07, 6.45) is 1.89. The van der Waals surface area contributed by atoms with Crippen molar-refractivity contribution in [2.24, 2.45) is 0 Å². The van der Waals surface area contributed by atoms with Crippen LogP contribution in [0.2, 0.25) is 12.1 Å². The lowest BCUT2D eigenvalue weighted by Gasteiger charge is -2.28. The van der Waals surface area contributed by atoms with Gasteiger partial charge in [0.05, 0.1) is 14.6 Å². The molecule has 0 bridgehead atoms. The molecule has 0 amide bonds. The third-order valence-corrected chi connectivity index (χ3v) is 12.3. The Kier molecular flexibility index (Phi) is 20.2. The molecule has 0 rings (SSSR count). The van der Waals surface area contributed by atoms with Gasteiger partial charge in [0, 0.05) is 51.7 Å². The zero-order valence-electron chi connectivity index (χ0n) is 19.3.